The molecule has 0 aliphatic heterocycles. The summed E-state index contributed by atoms with van der Waals surface area (Å²) < 4.78 is 0. The molecule has 0 bridgehead atoms. The summed E-state index contributed by atoms with van der Waals surface area (Å²) in [5, 5.41) is 7.00. The Labute approximate surface area is 34.0 Å². The van der Waals surface area contributed by atoms with Gasteiger partial charge in [-0.25, -0.2) is 0 Å². The first-order valence-corrected chi connectivity index (χ1v) is 0.447. The van der Waals surface area contributed by atoms with Crippen LogP contribution in [0.3, 0.4) is 0 Å². The summed E-state index contributed by atoms with van der Waals surface area (Å²) >= 11 is 0. The zero-order chi connectivity index (χ0) is 2.00. The molecular formula is CH5BClO. The maximum absolute atomic E-state index is 7.00. The largest absolute Gasteiger partial charge is 0.400 e. The van der Waals surface area contributed by atoms with Crippen molar-refractivity contribution in [2.45, 2.75) is 0 Å². The van der Waals surface area contributed by atoms with Crippen molar-refractivity contribution in [1.82, 2.24) is 0 Å². The molecule has 0 saturated carbocycles. The molecule has 0 saturated heterocycles. The van der Waals surface area contributed by atoms with E-state index in [1.807, 2.05) is 0 Å². The van der Waals surface area contributed by atoms with Gasteiger partial charge in [-0.2, -0.15) is 0 Å². The lowest BCUT2D eigenvalue weighted by atomic mass is 10.8. The van der Waals surface area contributed by atoms with Crippen LogP contribution in [0.15, 0.2) is 0 Å². The lowest BCUT2D eigenvalue weighted by Gasteiger charge is -1.21. The van der Waals surface area contributed by atoms with Gasteiger partial charge in [-0.1, -0.05) is 0 Å². The summed E-state index contributed by atoms with van der Waals surface area (Å²) in [5.41, 5.74) is 0. The van der Waals surface area contributed by atoms with Crippen molar-refractivity contribution in [3.63, 3.8) is 0 Å². The van der Waals surface area contributed by atoms with Crippen LogP contribution in [0.4, 0.5) is 0 Å². The summed E-state index contributed by atoms with van der Waals surface area (Å²) in [6.45, 7) is 0. The van der Waals surface area contributed by atoms with Gasteiger partial charge in [0.25, 0.3) is 0 Å². The lowest BCUT2D eigenvalue weighted by Crippen LogP contribution is -1.25. The number of hydrogen-bond acceptors (Lipinski definition) is 1. The zero-order valence-corrected chi connectivity index (χ0v) is 3.25. The van der Waals surface area contributed by atoms with Crippen LogP contribution in [0.25, 0.3) is 0 Å². The first-order valence-electron chi connectivity index (χ1n) is 0.447. The van der Waals surface area contributed by atoms with Crippen LogP contribution in [0, 0.1) is 0 Å². The predicted octanol–water partition coefficient (Wildman–Crippen LogP) is -0.351. The van der Waals surface area contributed by atoms with Gasteiger partial charge >= 0.3 is 0 Å². The third-order valence-electron chi connectivity index (χ3n) is 0. The molecule has 0 aliphatic rings. The summed E-state index contributed by atoms with van der Waals surface area (Å²) in [7, 11) is 1.00. The van der Waals surface area contributed by atoms with E-state index in [0.29, 0.717) is 0 Å². The van der Waals surface area contributed by atoms with E-state index in [1.54, 1.807) is 0 Å². The third-order valence-corrected chi connectivity index (χ3v) is 0. The summed E-state index contributed by atoms with van der Waals surface area (Å²) in [6, 6.07) is 0. The molecule has 0 aliphatic carbocycles. The van der Waals surface area contributed by atoms with Gasteiger partial charge in [0.2, 0.25) is 0 Å². The molecule has 0 amide bonds. The standard InChI is InChI=1S/CH4O.B.ClH/c1-2;;/h2H,1H3;;1H. The highest BCUT2D eigenvalue weighted by atomic mass is 35.5. The maximum Gasteiger partial charge on any atom is 0.0319 e. The number of aliphatic hydroxyl groups excluding tert-OH is 1. The summed E-state index contributed by atoms with van der Waals surface area (Å²) in [6.07, 6.45) is 0. The Bertz CT molecular complexity index is 8.00. The first kappa shape index (κ1) is 27.4. The molecular weight excluding hydrogens is 74.3 g/mol. The number of rotatable bonds is 0. The van der Waals surface area contributed by atoms with E-state index < -0.39 is 0 Å². The van der Waals surface area contributed by atoms with Crippen LogP contribution in [0.2, 0.25) is 0 Å². The van der Waals surface area contributed by atoms with Gasteiger partial charge in [0, 0.05) is 15.5 Å². The Morgan fingerprint density at radius 2 is 1.25 bits per heavy atom. The highest BCUT2D eigenvalue weighted by molar-refractivity contribution is 5.85. The quantitative estimate of drug-likeness (QED) is 0.394. The van der Waals surface area contributed by atoms with Crippen LogP contribution < -0.4 is 0 Å². The fourth-order valence-corrected chi connectivity index (χ4v) is 0. The molecule has 0 fully saturated rings. The van der Waals surface area contributed by atoms with Crippen molar-refractivity contribution in [1.29, 1.82) is 0 Å². The van der Waals surface area contributed by atoms with Gasteiger partial charge in [-0.15, -0.1) is 12.4 Å². The molecule has 3 radical (unpaired) electrons. The second kappa shape index (κ2) is 179. The van der Waals surface area contributed by atoms with Gasteiger partial charge in [0.1, 0.15) is 0 Å². The van der Waals surface area contributed by atoms with Gasteiger partial charge in [-0.3, -0.25) is 0 Å². The fourth-order valence-electron chi connectivity index (χ4n) is 0. The third kappa shape index (κ3) is 40.4. The second-order valence-electron chi connectivity index (χ2n) is 0. The molecule has 25 valence electrons. The minimum Gasteiger partial charge on any atom is -0.400 e. The van der Waals surface area contributed by atoms with E-state index in [1.165, 1.54) is 0 Å². The second-order valence-corrected chi connectivity index (χ2v) is 0. The summed E-state index contributed by atoms with van der Waals surface area (Å²) in [5.74, 6) is 0. The van der Waals surface area contributed by atoms with Crippen molar-refractivity contribution in [3.8, 4) is 0 Å². The van der Waals surface area contributed by atoms with Gasteiger partial charge < -0.3 is 5.11 Å². The maximum atomic E-state index is 7.00. The Hall–Kier alpha value is 0.315. The Balaban J connectivity index is -0.00000000500. The molecule has 0 unspecified atom stereocenters. The van der Waals surface area contributed by atoms with Crippen molar-refractivity contribution < 1.29 is 5.11 Å². The molecule has 0 aromatic carbocycles. The molecule has 0 spiro atoms. The highest BCUT2D eigenvalue weighted by Crippen LogP contribution is 0.755. The van der Waals surface area contributed by atoms with Gasteiger partial charge in [0.05, 0.1) is 0 Å². The number of hydrogen-bond donors (Lipinski definition) is 1. The molecule has 4 heavy (non-hydrogen) atoms. The van der Waals surface area contributed by atoms with Gasteiger partial charge in [0.15, 0.2) is 0 Å². The average molecular weight is 79.3 g/mol. The predicted molar refractivity (Wildman–Crippen MR) is 21.1 cm³/mol. The van der Waals surface area contributed by atoms with Gasteiger partial charge in [-0.05, 0) is 0 Å². The topological polar surface area (TPSA) is 20.2 Å². The number of halogens is 1. The van der Waals surface area contributed by atoms with Crippen LogP contribution in [0.1, 0.15) is 0 Å². The zero-order valence-electron chi connectivity index (χ0n) is 2.43. The molecule has 0 aromatic rings. The number of aliphatic hydroxyl groups is 1. The van der Waals surface area contributed by atoms with E-state index in [9.17, 15) is 0 Å². The highest BCUT2D eigenvalue weighted by Gasteiger charge is 0.839. The molecule has 0 atom stereocenters. The van der Waals surface area contributed by atoms with Crippen LogP contribution in [0.5, 0.6) is 0 Å². The molecule has 1 nitrogen and oxygen atoms in total. The van der Waals surface area contributed by atoms with E-state index in [-0.39, 0.29) is 20.8 Å². The molecule has 0 aromatic heterocycles. The Morgan fingerprint density at radius 3 is 1.25 bits per heavy atom. The summed E-state index contributed by atoms with van der Waals surface area (Å²) in [4.78, 5) is 0. The van der Waals surface area contributed by atoms with Crippen molar-refractivity contribution >= 4 is 20.8 Å². The minimum absolute atomic E-state index is 0. The Morgan fingerprint density at radius 1 is 1.25 bits per heavy atom. The molecule has 0 rings (SSSR count). The molecule has 1 N–H and O–H groups in total. The SMILES string of the molecule is CO.Cl.[B]. The van der Waals surface area contributed by atoms with Crippen molar-refractivity contribution in [2.24, 2.45) is 0 Å². The fraction of sp³-hybridized carbons (Fsp3) is 1.00. The first-order chi connectivity index (χ1) is 1.00. The molecule has 0 heterocycles. The van der Waals surface area contributed by atoms with Crippen LogP contribution >= 0.6 is 12.4 Å². The van der Waals surface area contributed by atoms with E-state index in [2.05, 4.69) is 0 Å². The Kier molecular flexibility index (Phi) is 1230. The minimum atomic E-state index is 0. The lowest BCUT2D eigenvalue weighted by molar-refractivity contribution is 0.399. The monoisotopic (exact) mass is 79.0 g/mol. The normalized spacial score (nSPS) is 1.50. The van der Waals surface area contributed by atoms with Crippen LogP contribution in [-0.2, 0) is 0 Å². The van der Waals surface area contributed by atoms with Crippen molar-refractivity contribution in [3.05, 3.63) is 0 Å². The molecule has 3 heteroatoms. The van der Waals surface area contributed by atoms with E-state index in [0.717, 1.165) is 7.11 Å². The van der Waals surface area contributed by atoms with E-state index in [4.69, 9.17) is 5.11 Å². The van der Waals surface area contributed by atoms with E-state index >= 15 is 0 Å². The average Bonchev–Trinajstić information content (AvgIpc) is 1.00. The van der Waals surface area contributed by atoms with Crippen molar-refractivity contribution in [2.75, 3.05) is 7.11 Å². The van der Waals surface area contributed by atoms with Crippen LogP contribution in [-0.4, -0.2) is 20.6 Å². The smallest absolute Gasteiger partial charge is 0.0319 e.